The average molecular weight is 171 g/mol. The molecular weight excluding hydrogens is 160 g/mol. The molecule has 0 amide bonds. The Morgan fingerprint density at radius 3 is 2.67 bits per heavy atom. The molecule has 0 aliphatic carbocycles. The van der Waals surface area contributed by atoms with Crippen molar-refractivity contribution in [2.24, 2.45) is 5.73 Å². The second-order valence-corrected chi connectivity index (χ2v) is 2.80. The normalized spacial score (nSPS) is 13.0. The van der Waals surface area contributed by atoms with Gasteiger partial charge >= 0.3 is 0 Å². The zero-order valence-corrected chi connectivity index (χ0v) is 6.85. The molecule has 1 nitrogen and oxygen atoms in total. The standard InChI is InChI=1S/C9H11F2N/c1-6(5-12)8-4-7(10)2-3-9(8)11/h2-4,6H,5,12H2,1H3/t6-/m0/s1. The van der Waals surface area contributed by atoms with Gasteiger partial charge in [0.15, 0.2) is 0 Å². The molecule has 0 spiro atoms. The van der Waals surface area contributed by atoms with E-state index in [1.54, 1.807) is 6.92 Å². The van der Waals surface area contributed by atoms with Gasteiger partial charge in [-0.3, -0.25) is 0 Å². The zero-order chi connectivity index (χ0) is 9.14. The molecule has 0 fully saturated rings. The highest BCUT2D eigenvalue weighted by Crippen LogP contribution is 2.18. The van der Waals surface area contributed by atoms with Crippen molar-refractivity contribution in [1.29, 1.82) is 0 Å². The van der Waals surface area contributed by atoms with Crippen LogP contribution in [0.4, 0.5) is 8.78 Å². The van der Waals surface area contributed by atoms with Gasteiger partial charge in [0.1, 0.15) is 11.6 Å². The quantitative estimate of drug-likeness (QED) is 0.723. The largest absolute Gasteiger partial charge is 0.330 e. The van der Waals surface area contributed by atoms with Gasteiger partial charge in [0, 0.05) is 0 Å². The van der Waals surface area contributed by atoms with Crippen molar-refractivity contribution in [3.8, 4) is 0 Å². The molecule has 1 aromatic carbocycles. The van der Waals surface area contributed by atoms with E-state index in [0.29, 0.717) is 12.1 Å². The molecule has 0 saturated carbocycles. The molecule has 0 saturated heterocycles. The SMILES string of the molecule is C[C@@H](CN)c1cc(F)ccc1F. The van der Waals surface area contributed by atoms with Crippen LogP contribution in [0.25, 0.3) is 0 Å². The van der Waals surface area contributed by atoms with Gasteiger partial charge in [-0.2, -0.15) is 0 Å². The van der Waals surface area contributed by atoms with Crippen LogP contribution in [0.3, 0.4) is 0 Å². The van der Waals surface area contributed by atoms with Crippen LogP contribution in [0.5, 0.6) is 0 Å². The van der Waals surface area contributed by atoms with Crippen molar-refractivity contribution in [2.75, 3.05) is 6.54 Å². The molecule has 2 N–H and O–H groups in total. The summed E-state index contributed by atoms with van der Waals surface area (Å²) in [6.07, 6.45) is 0. The van der Waals surface area contributed by atoms with Crippen molar-refractivity contribution in [1.82, 2.24) is 0 Å². The van der Waals surface area contributed by atoms with Crippen molar-refractivity contribution in [3.63, 3.8) is 0 Å². The Hall–Kier alpha value is -0.960. The molecule has 0 aliphatic rings. The molecule has 0 aliphatic heterocycles. The lowest BCUT2D eigenvalue weighted by atomic mass is 10.0. The van der Waals surface area contributed by atoms with Gasteiger partial charge in [0.2, 0.25) is 0 Å². The van der Waals surface area contributed by atoms with Gasteiger partial charge in [-0.1, -0.05) is 6.92 Å². The lowest BCUT2D eigenvalue weighted by molar-refractivity contribution is 0.569. The van der Waals surface area contributed by atoms with E-state index in [1.807, 2.05) is 0 Å². The van der Waals surface area contributed by atoms with E-state index in [2.05, 4.69) is 0 Å². The Bertz CT molecular complexity index is 273. The molecule has 66 valence electrons. The summed E-state index contributed by atoms with van der Waals surface area (Å²) in [5.41, 5.74) is 5.68. The molecular formula is C9H11F2N. The van der Waals surface area contributed by atoms with Crippen LogP contribution >= 0.6 is 0 Å². The Morgan fingerprint density at radius 1 is 1.42 bits per heavy atom. The third-order valence-corrected chi connectivity index (χ3v) is 1.84. The summed E-state index contributed by atoms with van der Waals surface area (Å²) in [6.45, 7) is 2.08. The van der Waals surface area contributed by atoms with Crippen LogP contribution in [0, 0.1) is 11.6 Å². The van der Waals surface area contributed by atoms with E-state index in [9.17, 15) is 8.78 Å². The highest BCUT2D eigenvalue weighted by molar-refractivity contribution is 5.22. The van der Waals surface area contributed by atoms with Crippen LogP contribution in [0.1, 0.15) is 18.4 Å². The fraction of sp³-hybridized carbons (Fsp3) is 0.333. The van der Waals surface area contributed by atoms with Crippen molar-refractivity contribution >= 4 is 0 Å². The molecule has 1 atom stereocenters. The van der Waals surface area contributed by atoms with Crippen LogP contribution in [0.15, 0.2) is 18.2 Å². The summed E-state index contributed by atoms with van der Waals surface area (Å²) < 4.78 is 25.6. The first kappa shape index (κ1) is 9.13. The minimum absolute atomic E-state index is 0.138. The van der Waals surface area contributed by atoms with Crippen LogP contribution in [-0.2, 0) is 0 Å². The highest BCUT2D eigenvalue weighted by atomic mass is 19.1. The first-order valence-corrected chi connectivity index (χ1v) is 3.80. The molecule has 0 bridgehead atoms. The Balaban J connectivity index is 3.04. The smallest absolute Gasteiger partial charge is 0.126 e. The molecule has 1 aromatic rings. The number of rotatable bonds is 2. The molecule has 12 heavy (non-hydrogen) atoms. The van der Waals surface area contributed by atoms with E-state index in [-0.39, 0.29) is 5.92 Å². The number of hydrogen-bond acceptors (Lipinski definition) is 1. The number of nitrogens with two attached hydrogens (primary N) is 1. The second kappa shape index (κ2) is 3.63. The summed E-state index contributed by atoms with van der Waals surface area (Å²) in [6, 6.07) is 3.41. The van der Waals surface area contributed by atoms with Crippen molar-refractivity contribution in [3.05, 3.63) is 35.4 Å². The molecule has 0 radical (unpaired) electrons. The Kier molecular flexibility index (Phi) is 2.76. The van der Waals surface area contributed by atoms with Gasteiger partial charge in [0.05, 0.1) is 0 Å². The van der Waals surface area contributed by atoms with Gasteiger partial charge in [-0.05, 0) is 36.2 Å². The summed E-state index contributed by atoms with van der Waals surface area (Å²) in [7, 11) is 0. The average Bonchev–Trinajstić information content (AvgIpc) is 2.08. The predicted octanol–water partition coefficient (Wildman–Crippen LogP) is 2.03. The zero-order valence-electron chi connectivity index (χ0n) is 6.85. The van der Waals surface area contributed by atoms with Crippen LogP contribution in [-0.4, -0.2) is 6.54 Å². The van der Waals surface area contributed by atoms with Gasteiger partial charge < -0.3 is 5.73 Å². The van der Waals surface area contributed by atoms with Crippen LogP contribution < -0.4 is 5.73 Å². The van der Waals surface area contributed by atoms with Gasteiger partial charge in [-0.25, -0.2) is 8.78 Å². The molecule has 3 heteroatoms. The molecule has 1 rings (SSSR count). The summed E-state index contributed by atoms with van der Waals surface area (Å²) in [4.78, 5) is 0. The third kappa shape index (κ3) is 1.80. The van der Waals surface area contributed by atoms with E-state index < -0.39 is 11.6 Å². The van der Waals surface area contributed by atoms with Crippen molar-refractivity contribution in [2.45, 2.75) is 12.8 Å². The van der Waals surface area contributed by atoms with Crippen molar-refractivity contribution < 1.29 is 8.78 Å². The summed E-state index contributed by atoms with van der Waals surface area (Å²) >= 11 is 0. The predicted molar refractivity (Wildman–Crippen MR) is 43.8 cm³/mol. The molecule has 0 unspecified atom stereocenters. The third-order valence-electron chi connectivity index (χ3n) is 1.84. The number of benzene rings is 1. The fourth-order valence-electron chi connectivity index (χ4n) is 1.02. The number of halogens is 2. The van der Waals surface area contributed by atoms with Gasteiger partial charge in [0.25, 0.3) is 0 Å². The monoisotopic (exact) mass is 171 g/mol. The maximum Gasteiger partial charge on any atom is 0.126 e. The summed E-state index contributed by atoms with van der Waals surface area (Å²) in [5, 5.41) is 0. The first-order valence-electron chi connectivity index (χ1n) is 3.80. The summed E-state index contributed by atoms with van der Waals surface area (Å²) in [5.74, 6) is -0.957. The van der Waals surface area contributed by atoms with Crippen LogP contribution in [0.2, 0.25) is 0 Å². The van der Waals surface area contributed by atoms with E-state index >= 15 is 0 Å². The fourth-order valence-corrected chi connectivity index (χ4v) is 1.02. The number of hydrogen-bond donors (Lipinski definition) is 1. The topological polar surface area (TPSA) is 26.0 Å². The minimum Gasteiger partial charge on any atom is -0.330 e. The maximum atomic E-state index is 13.0. The molecule has 0 heterocycles. The van der Waals surface area contributed by atoms with E-state index in [1.165, 1.54) is 6.07 Å². The lowest BCUT2D eigenvalue weighted by Crippen LogP contribution is -2.10. The van der Waals surface area contributed by atoms with E-state index in [0.717, 1.165) is 12.1 Å². The first-order chi connectivity index (χ1) is 5.65. The van der Waals surface area contributed by atoms with Gasteiger partial charge in [-0.15, -0.1) is 0 Å². The second-order valence-electron chi connectivity index (χ2n) is 2.80. The lowest BCUT2D eigenvalue weighted by Gasteiger charge is -2.09. The maximum absolute atomic E-state index is 13.0. The minimum atomic E-state index is -0.424. The Labute approximate surface area is 70.2 Å². The molecule has 0 aromatic heterocycles. The highest BCUT2D eigenvalue weighted by Gasteiger charge is 2.09. The Morgan fingerprint density at radius 2 is 2.08 bits per heavy atom. The van der Waals surface area contributed by atoms with E-state index in [4.69, 9.17) is 5.73 Å².